The molecule has 1 unspecified atom stereocenters. The van der Waals surface area contributed by atoms with Gasteiger partial charge in [-0.2, -0.15) is 0 Å². The molecule has 0 fully saturated rings. The van der Waals surface area contributed by atoms with E-state index in [1.165, 1.54) is 12.1 Å². The molecule has 8 heteroatoms. The van der Waals surface area contributed by atoms with Gasteiger partial charge in [-0.25, -0.2) is 4.79 Å². The van der Waals surface area contributed by atoms with Crippen LogP contribution in [0.15, 0.2) is 36.4 Å². The fourth-order valence-electron chi connectivity index (χ4n) is 2.00. The maximum absolute atomic E-state index is 11.4. The highest BCUT2D eigenvalue weighted by Crippen LogP contribution is 2.29. The van der Waals surface area contributed by atoms with Crippen molar-refractivity contribution >= 4 is 52.4 Å². The number of aliphatic carboxylic acids is 1. The summed E-state index contributed by atoms with van der Waals surface area (Å²) in [6.45, 7) is 0.281. The van der Waals surface area contributed by atoms with Gasteiger partial charge in [-0.1, -0.05) is 46.4 Å². The van der Waals surface area contributed by atoms with E-state index >= 15 is 0 Å². The molecule has 25 heavy (non-hydrogen) atoms. The molecule has 0 heterocycles. The molecule has 0 amide bonds. The molecule has 0 saturated heterocycles. The van der Waals surface area contributed by atoms with E-state index in [0.717, 1.165) is 0 Å². The SMILES string of the molecule is O=C(O)C(CCCOc1ccc(Cl)cc1Cl)Oc1ccc(Cl)cc1Cl. The number of carbonyl (C=O) groups is 1. The van der Waals surface area contributed by atoms with Crippen LogP contribution < -0.4 is 9.47 Å². The van der Waals surface area contributed by atoms with Gasteiger partial charge in [0.15, 0.2) is 6.10 Å². The molecular formula is C17H14Cl4O4. The molecule has 0 spiro atoms. The monoisotopic (exact) mass is 422 g/mol. The first-order chi connectivity index (χ1) is 11.9. The number of halogens is 4. The Morgan fingerprint density at radius 1 is 0.960 bits per heavy atom. The predicted octanol–water partition coefficient (Wildman–Crippen LogP) is 5.99. The molecule has 2 aromatic rings. The van der Waals surface area contributed by atoms with Crippen molar-refractivity contribution in [3.05, 3.63) is 56.5 Å². The van der Waals surface area contributed by atoms with Crippen LogP contribution in [0.1, 0.15) is 12.8 Å². The minimum absolute atomic E-state index is 0.236. The fraction of sp³-hybridized carbons (Fsp3) is 0.235. The van der Waals surface area contributed by atoms with Gasteiger partial charge in [-0.15, -0.1) is 0 Å². The Kier molecular flexibility index (Phi) is 7.51. The summed E-state index contributed by atoms with van der Waals surface area (Å²) < 4.78 is 11.0. The van der Waals surface area contributed by atoms with Gasteiger partial charge in [0.2, 0.25) is 0 Å². The lowest BCUT2D eigenvalue weighted by Crippen LogP contribution is -2.27. The van der Waals surface area contributed by atoms with Crippen molar-refractivity contribution in [1.82, 2.24) is 0 Å². The van der Waals surface area contributed by atoms with Gasteiger partial charge in [-0.3, -0.25) is 0 Å². The van der Waals surface area contributed by atoms with E-state index in [9.17, 15) is 9.90 Å². The van der Waals surface area contributed by atoms with Crippen LogP contribution in [0, 0.1) is 0 Å². The van der Waals surface area contributed by atoms with Crippen molar-refractivity contribution in [2.45, 2.75) is 18.9 Å². The number of carboxylic acids is 1. The molecule has 134 valence electrons. The maximum Gasteiger partial charge on any atom is 0.344 e. The Bertz CT molecular complexity index is 751. The Morgan fingerprint density at radius 3 is 2.04 bits per heavy atom. The van der Waals surface area contributed by atoms with Crippen molar-refractivity contribution in [3.8, 4) is 11.5 Å². The summed E-state index contributed by atoms with van der Waals surface area (Å²) in [5.41, 5.74) is 0. The number of benzene rings is 2. The third-order valence-corrected chi connectivity index (χ3v) is 4.26. The summed E-state index contributed by atoms with van der Waals surface area (Å²) in [5, 5.41) is 10.9. The summed E-state index contributed by atoms with van der Waals surface area (Å²) >= 11 is 23.6. The summed E-state index contributed by atoms with van der Waals surface area (Å²) in [6, 6.07) is 9.49. The minimum atomic E-state index is -1.09. The van der Waals surface area contributed by atoms with Gasteiger partial charge >= 0.3 is 5.97 Å². The molecule has 4 nitrogen and oxygen atoms in total. The molecule has 0 bridgehead atoms. The second-order valence-electron chi connectivity index (χ2n) is 5.08. The van der Waals surface area contributed by atoms with E-state index in [-0.39, 0.29) is 23.8 Å². The number of hydrogen-bond donors (Lipinski definition) is 1. The largest absolute Gasteiger partial charge is 0.492 e. The van der Waals surface area contributed by atoms with Crippen molar-refractivity contribution in [2.75, 3.05) is 6.61 Å². The summed E-state index contributed by atoms with van der Waals surface area (Å²) in [5.74, 6) is -0.338. The normalized spacial score (nSPS) is 11.8. The Labute approximate surface area is 165 Å². The zero-order valence-corrected chi connectivity index (χ0v) is 15.9. The first-order valence-electron chi connectivity index (χ1n) is 7.29. The maximum atomic E-state index is 11.4. The highest BCUT2D eigenvalue weighted by Gasteiger charge is 2.20. The van der Waals surface area contributed by atoms with Crippen LogP contribution in [0.2, 0.25) is 20.1 Å². The van der Waals surface area contributed by atoms with Gasteiger partial charge in [-0.05, 0) is 49.2 Å². The van der Waals surface area contributed by atoms with Crippen molar-refractivity contribution < 1.29 is 19.4 Å². The van der Waals surface area contributed by atoms with E-state index in [0.29, 0.717) is 27.2 Å². The molecular weight excluding hydrogens is 410 g/mol. The van der Waals surface area contributed by atoms with Gasteiger partial charge in [0.1, 0.15) is 11.5 Å². The summed E-state index contributed by atoms with van der Waals surface area (Å²) in [4.78, 5) is 11.4. The lowest BCUT2D eigenvalue weighted by atomic mass is 10.2. The van der Waals surface area contributed by atoms with Crippen LogP contribution in [0.25, 0.3) is 0 Å². The van der Waals surface area contributed by atoms with Crippen molar-refractivity contribution in [1.29, 1.82) is 0 Å². The molecule has 0 aliphatic carbocycles. The first-order valence-corrected chi connectivity index (χ1v) is 8.80. The molecule has 0 radical (unpaired) electrons. The molecule has 0 aromatic heterocycles. The molecule has 1 atom stereocenters. The van der Waals surface area contributed by atoms with E-state index in [4.69, 9.17) is 55.9 Å². The molecule has 0 aliphatic rings. The van der Waals surface area contributed by atoms with Gasteiger partial charge in [0.05, 0.1) is 16.7 Å². The second-order valence-corrected chi connectivity index (χ2v) is 6.77. The molecule has 2 aromatic carbocycles. The average molecular weight is 424 g/mol. The Hall–Kier alpha value is -1.33. The van der Waals surface area contributed by atoms with Gasteiger partial charge < -0.3 is 14.6 Å². The molecule has 2 rings (SSSR count). The van der Waals surface area contributed by atoms with Crippen molar-refractivity contribution in [2.24, 2.45) is 0 Å². The lowest BCUT2D eigenvalue weighted by molar-refractivity contribution is -0.145. The molecule has 0 aliphatic heterocycles. The zero-order chi connectivity index (χ0) is 18.4. The van der Waals surface area contributed by atoms with Crippen LogP contribution in [-0.4, -0.2) is 23.8 Å². The topological polar surface area (TPSA) is 55.8 Å². The number of rotatable bonds is 8. The standard InChI is InChI=1S/C17H14Cl4O4/c18-10-3-5-14(12(20)8-10)24-7-1-2-16(17(22)23)25-15-6-4-11(19)9-13(15)21/h3-6,8-9,16H,1-2,7H2,(H,22,23). The van der Waals surface area contributed by atoms with Crippen LogP contribution in [0.4, 0.5) is 0 Å². The van der Waals surface area contributed by atoms with Crippen LogP contribution in [-0.2, 0) is 4.79 Å². The van der Waals surface area contributed by atoms with E-state index in [2.05, 4.69) is 0 Å². The first kappa shape index (κ1) is 20.0. The highest BCUT2D eigenvalue weighted by atomic mass is 35.5. The highest BCUT2D eigenvalue weighted by molar-refractivity contribution is 6.36. The number of carboxylic acid groups (broad SMARTS) is 1. The molecule has 1 N–H and O–H groups in total. The quantitative estimate of drug-likeness (QED) is 0.529. The van der Waals surface area contributed by atoms with Gasteiger partial charge in [0.25, 0.3) is 0 Å². The smallest absolute Gasteiger partial charge is 0.344 e. The van der Waals surface area contributed by atoms with Gasteiger partial charge in [0, 0.05) is 10.0 Å². The summed E-state index contributed by atoms with van der Waals surface area (Å²) in [7, 11) is 0. The van der Waals surface area contributed by atoms with Crippen LogP contribution in [0.5, 0.6) is 11.5 Å². The third-order valence-electron chi connectivity index (χ3n) is 3.20. The van der Waals surface area contributed by atoms with Crippen LogP contribution in [0.3, 0.4) is 0 Å². The number of hydrogen-bond acceptors (Lipinski definition) is 3. The van der Waals surface area contributed by atoms with Crippen molar-refractivity contribution in [3.63, 3.8) is 0 Å². The van der Waals surface area contributed by atoms with E-state index < -0.39 is 12.1 Å². The predicted molar refractivity (Wildman–Crippen MR) is 99.7 cm³/mol. The Balaban J connectivity index is 1.88. The number of ether oxygens (including phenoxy) is 2. The second kappa shape index (κ2) is 9.39. The van der Waals surface area contributed by atoms with Crippen LogP contribution >= 0.6 is 46.4 Å². The zero-order valence-electron chi connectivity index (χ0n) is 12.8. The summed E-state index contributed by atoms with van der Waals surface area (Å²) in [6.07, 6.45) is -0.372. The minimum Gasteiger partial charge on any atom is -0.492 e. The van der Waals surface area contributed by atoms with E-state index in [1.807, 2.05) is 0 Å². The Morgan fingerprint density at radius 2 is 1.52 bits per heavy atom. The molecule has 0 saturated carbocycles. The lowest BCUT2D eigenvalue weighted by Gasteiger charge is -2.16. The average Bonchev–Trinajstić information content (AvgIpc) is 2.53. The van der Waals surface area contributed by atoms with E-state index in [1.54, 1.807) is 24.3 Å². The third kappa shape index (κ3) is 6.15. The fourth-order valence-corrected chi connectivity index (χ4v) is 2.92.